The van der Waals surface area contributed by atoms with Gasteiger partial charge in [0, 0.05) is 22.8 Å². The number of aromatic carboxylic acids is 1. The van der Waals surface area contributed by atoms with Crippen LogP contribution in [-0.4, -0.2) is 23.6 Å². The minimum Gasteiger partial charge on any atom is -0.483 e. The van der Waals surface area contributed by atoms with Crippen molar-refractivity contribution in [2.45, 2.75) is 13.5 Å². The number of hydrogen-bond donors (Lipinski definition) is 3. The van der Waals surface area contributed by atoms with E-state index < -0.39 is 11.9 Å². The monoisotopic (exact) mass is 348 g/mol. The van der Waals surface area contributed by atoms with Crippen molar-refractivity contribution in [1.29, 1.82) is 0 Å². The molecule has 0 saturated carbocycles. The number of carbonyl (C=O) groups is 2. The topological polar surface area (TPSA) is 102 Å². The van der Waals surface area contributed by atoms with Gasteiger partial charge in [-0.25, -0.2) is 4.79 Å². The van der Waals surface area contributed by atoms with Crippen molar-refractivity contribution < 1.29 is 19.4 Å². The Bertz CT molecular complexity index is 777. The van der Waals surface area contributed by atoms with E-state index in [0.717, 1.165) is 5.56 Å². The SMILES string of the molecule is Cc1c(NCc2cc(Cl)ccc2OCC(N)=O)cccc1C(=O)O. The van der Waals surface area contributed by atoms with Crippen molar-refractivity contribution in [3.05, 3.63) is 58.1 Å². The Labute approximate surface area is 144 Å². The van der Waals surface area contributed by atoms with Gasteiger partial charge in [0.25, 0.3) is 5.91 Å². The van der Waals surface area contributed by atoms with Gasteiger partial charge in [0.2, 0.25) is 0 Å². The molecule has 0 bridgehead atoms. The molecule has 0 fully saturated rings. The summed E-state index contributed by atoms with van der Waals surface area (Å²) in [5.41, 5.74) is 7.37. The smallest absolute Gasteiger partial charge is 0.336 e. The molecule has 126 valence electrons. The van der Waals surface area contributed by atoms with Gasteiger partial charge in [0.1, 0.15) is 5.75 Å². The molecule has 0 unspecified atom stereocenters. The number of amides is 1. The lowest BCUT2D eigenvalue weighted by Crippen LogP contribution is -2.20. The van der Waals surface area contributed by atoms with Gasteiger partial charge in [0.05, 0.1) is 5.56 Å². The van der Waals surface area contributed by atoms with Crippen LogP contribution in [-0.2, 0) is 11.3 Å². The Morgan fingerprint density at radius 2 is 2.04 bits per heavy atom. The first-order valence-corrected chi connectivity index (χ1v) is 7.52. The number of carboxylic acids is 1. The van der Waals surface area contributed by atoms with Crippen LogP contribution in [0.25, 0.3) is 0 Å². The fourth-order valence-electron chi connectivity index (χ4n) is 2.23. The summed E-state index contributed by atoms with van der Waals surface area (Å²) in [6.45, 7) is 1.84. The Balaban J connectivity index is 2.20. The van der Waals surface area contributed by atoms with Crippen molar-refractivity contribution in [3.63, 3.8) is 0 Å². The number of carboxylic acid groups (broad SMARTS) is 1. The van der Waals surface area contributed by atoms with E-state index >= 15 is 0 Å². The van der Waals surface area contributed by atoms with Crippen LogP contribution in [0.2, 0.25) is 5.02 Å². The lowest BCUT2D eigenvalue weighted by atomic mass is 10.1. The highest BCUT2D eigenvalue weighted by Crippen LogP contribution is 2.25. The standard InChI is InChI=1S/C17H17ClN2O4/c1-10-13(17(22)23)3-2-4-14(10)20-8-11-7-12(18)5-6-15(11)24-9-16(19)21/h2-7,20H,8-9H2,1H3,(H2,19,21)(H,22,23). The van der Waals surface area contributed by atoms with Gasteiger partial charge in [-0.3, -0.25) is 4.79 Å². The zero-order chi connectivity index (χ0) is 17.7. The highest BCUT2D eigenvalue weighted by Gasteiger charge is 2.11. The summed E-state index contributed by atoms with van der Waals surface area (Å²) in [5.74, 6) is -1.07. The van der Waals surface area contributed by atoms with E-state index in [2.05, 4.69) is 5.32 Å². The Morgan fingerprint density at radius 3 is 2.71 bits per heavy atom. The maximum Gasteiger partial charge on any atom is 0.336 e. The summed E-state index contributed by atoms with van der Waals surface area (Å²) >= 11 is 6.01. The number of nitrogens with two attached hydrogens (primary N) is 1. The summed E-state index contributed by atoms with van der Waals surface area (Å²) in [6, 6.07) is 10.0. The maximum absolute atomic E-state index is 11.2. The molecule has 2 aromatic rings. The Morgan fingerprint density at radius 1 is 1.29 bits per heavy atom. The quantitative estimate of drug-likeness (QED) is 0.714. The van der Waals surface area contributed by atoms with Crippen LogP contribution in [0.4, 0.5) is 5.69 Å². The van der Waals surface area contributed by atoms with Gasteiger partial charge >= 0.3 is 5.97 Å². The van der Waals surface area contributed by atoms with Gasteiger partial charge in [-0.05, 0) is 42.8 Å². The van der Waals surface area contributed by atoms with E-state index in [4.69, 9.17) is 27.2 Å². The Kier molecular flexibility index (Phi) is 5.65. The van der Waals surface area contributed by atoms with E-state index in [-0.39, 0.29) is 12.2 Å². The van der Waals surface area contributed by atoms with Gasteiger partial charge in [-0.1, -0.05) is 17.7 Å². The van der Waals surface area contributed by atoms with Crippen molar-refractivity contribution in [2.75, 3.05) is 11.9 Å². The van der Waals surface area contributed by atoms with Crippen LogP contribution in [0, 0.1) is 6.92 Å². The van der Waals surface area contributed by atoms with Crippen LogP contribution in [0.5, 0.6) is 5.75 Å². The molecule has 4 N–H and O–H groups in total. The summed E-state index contributed by atoms with van der Waals surface area (Å²) < 4.78 is 5.37. The Hall–Kier alpha value is -2.73. The predicted octanol–water partition coefficient (Wildman–Crippen LogP) is 2.82. The molecule has 0 spiro atoms. The van der Waals surface area contributed by atoms with Gasteiger partial charge < -0.3 is 20.9 Å². The van der Waals surface area contributed by atoms with E-state index in [1.165, 1.54) is 0 Å². The van der Waals surface area contributed by atoms with Gasteiger partial charge in [-0.2, -0.15) is 0 Å². The molecular formula is C17H17ClN2O4. The number of benzene rings is 2. The van der Waals surface area contributed by atoms with Crippen molar-refractivity contribution in [3.8, 4) is 5.75 Å². The molecule has 0 saturated heterocycles. The molecule has 0 radical (unpaired) electrons. The average Bonchev–Trinajstić information content (AvgIpc) is 2.52. The van der Waals surface area contributed by atoms with Gasteiger partial charge in [0.15, 0.2) is 6.61 Å². The van der Waals surface area contributed by atoms with Crippen LogP contribution in [0.1, 0.15) is 21.5 Å². The molecule has 1 amide bonds. The van der Waals surface area contributed by atoms with Crippen LogP contribution < -0.4 is 15.8 Å². The zero-order valence-electron chi connectivity index (χ0n) is 13.0. The number of halogens is 1. The molecule has 24 heavy (non-hydrogen) atoms. The highest BCUT2D eigenvalue weighted by molar-refractivity contribution is 6.30. The lowest BCUT2D eigenvalue weighted by Gasteiger charge is -2.14. The van der Waals surface area contributed by atoms with E-state index in [1.807, 2.05) is 0 Å². The highest BCUT2D eigenvalue weighted by atomic mass is 35.5. The summed E-state index contributed by atoms with van der Waals surface area (Å²) in [7, 11) is 0. The number of anilines is 1. The molecule has 0 atom stereocenters. The molecule has 0 aromatic heterocycles. The summed E-state index contributed by atoms with van der Waals surface area (Å²) in [5, 5.41) is 12.9. The number of primary amides is 1. The molecule has 0 aliphatic heterocycles. The molecule has 0 aliphatic rings. The second-order valence-corrected chi connectivity index (χ2v) is 5.58. The van der Waals surface area contributed by atoms with Crippen molar-refractivity contribution >= 4 is 29.2 Å². The average molecular weight is 349 g/mol. The third kappa shape index (κ3) is 4.39. The number of nitrogens with one attached hydrogen (secondary N) is 1. The minimum atomic E-state index is -0.982. The number of carbonyl (C=O) groups excluding carboxylic acids is 1. The molecule has 2 aromatic carbocycles. The second-order valence-electron chi connectivity index (χ2n) is 5.14. The molecular weight excluding hydrogens is 332 g/mol. The first kappa shape index (κ1) is 17.6. The number of rotatable bonds is 7. The maximum atomic E-state index is 11.2. The predicted molar refractivity (Wildman–Crippen MR) is 91.6 cm³/mol. The van der Waals surface area contributed by atoms with Crippen LogP contribution >= 0.6 is 11.6 Å². The van der Waals surface area contributed by atoms with Crippen LogP contribution in [0.15, 0.2) is 36.4 Å². The van der Waals surface area contributed by atoms with E-state index in [9.17, 15) is 9.59 Å². The largest absolute Gasteiger partial charge is 0.483 e. The molecule has 0 aliphatic carbocycles. The summed E-state index contributed by atoms with van der Waals surface area (Å²) in [6.07, 6.45) is 0. The molecule has 7 heteroatoms. The first-order valence-electron chi connectivity index (χ1n) is 7.15. The van der Waals surface area contributed by atoms with E-state index in [0.29, 0.717) is 28.6 Å². The number of hydrogen-bond acceptors (Lipinski definition) is 4. The molecule has 2 rings (SSSR count). The third-order valence-corrected chi connectivity index (χ3v) is 3.66. The van der Waals surface area contributed by atoms with Gasteiger partial charge in [-0.15, -0.1) is 0 Å². The fourth-order valence-corrected chi connectivity index (χ4v) is 2.42. The molecule has 6 nitrogen and oxygen atoms in total. The van der Waals surface area contributed by atoms with Crippen LogP contribution in [0.3, 0.4) is 0 Å². The second kappa shape index (κ2) is 7.70. The van der Waals surface area contributed by atoms with Crippen molar-refractivity contribution in [2.24, 2.45) is 5.73 Å². The molecule has 0 heterocycles. The number of ether oxygens (including phenoxy) is 1. The lowest BCUT2D eigenvalue weighted by molar-refractivity contribution is -0.119. The normalized spacial score (nSPS) is 10.2. The summed E-state index contributed by atoms with van der Waals surface area (Å²) in [4.78, 5) is 22.1. The van der Waals surface area contributed by atoms with Crippen molar-refractivity contribution in [1.82, 2.24) is 0 Å². The third-order valence-electron chi connectivity index (χ3n) is 3.43. The van der Waals surface area contributed by atoms with E-state index in [1.54, 1.807) is 43.3 Å². The minimum absolute atomic E-state index is 0.233. The fraction of sp³-hybridized carbons (Fsp3) is 0.176. The zero-order valence-corrected chi connectivity index (χ0v) is 13.8. The first-order chi connectivity index (χ1) is 11.4.